The largest absolute Gasteiger partial charge is 0.481 e. The fourth-order valence-corrected chi connectivity index (χ4v) is 9.18. The van der Waals surface area contributed by atoms with Gasteiger partial charge in [-0.05, 0) is 64.5 Å². The van der Waals surface area contributed by atoms with E-state index >= 15 is 0 Å². The van der Waals surface area contributed by atoms with Crippen LogP contribution in [-0.4, -0.2) is 77.6 Å². The summed E-state index contributed by atoms with van der Waals surface area (Å²) >= 11 is 0. The quantitative estimate of drug-likeness (QED) is 0.0598. The normalized spacial score (nSPS) is 15.3. The lowest BCUT2D eigenvalue weighted by molar-refractivity contribution is -0.151. The van der Waals surface area contributed by atoms with E-state index in [1.807, 2.05) is 0 Å². The highest BCUT2D eigenvalue weighted by Gasteiger charge is 2.37. The van der Waals surface area contributed by atoms with E-state index in [1.165, 1.54) is 95.7 Å². The van der Waals surface area contributed by atoms with Crippen molar-refractivity contribution in [3.63, 3.8) is 0 Å². The summed E-state index contributed by atoms with van der Waals surface area (Å²) in [5.74, 6) is 0.111. The van der Waals surface area contributed by atoms with Gasteiger partial charge in [0.1, 0.15) is 5.84 Å². The molecule has 0 aromatic rings. The summed E-state index contributed by atoms with van der Waals surface area (Å²) in [4.78, 5) is 35.3. The summed E-state index contributed by atoms with van der Waals surface area (Å²) in [5, 5.41) is 21.1. The highest BCUT2D eigenvalue weighted by Crippen LogP contribution is 2.39. The van der Waals surface area contributed by atoms with Gasteiger partial charge in [-0.2, -0.15) is 0 Å². The third kappa shape index (κ3) is 23.7. The van der Waals surface area contributed by atoms with Crippen LogP contribution in [0.25, 0.3) is 0 Å². The minimum atomic E-state index is -0.548. The number of carboxylic acids is 2. The van der Waals surface area contributed by atoms with Crippen LogP contribution >= 0.6 is 0 Å². The molecule has 0 spiro atoms. The number of carbonyl (C=O) groups is 2. The van der Waals surface area contributed by atoms with Gasteiger partial charge in [0, 0.05) is 13.6 Å². The van der Waals surface area contributed by atoms with E-state index < -0.39 is 22.8 Å². The lowest BCUT2D eigenvalue weighted by Gasteiger charge is -2.30. The first-order valence-electron chi connectivity index (χ1n) is 24.6. The van der Waals surface area contributed by atoms with Gasteiger partial charge < -0.3 is 15.1 Å². The molecule has 2 atom stereocenters. The molecule has 7 nitrogen and oxygen atoms in total. The van der Waals surface area contributed by atoms with Gasteiger partial charge in [-0.15, -0.1) is 0 Å². The monoisotopic (exact) mass is 790 g/mol. The Morgan fingerprint density at radius 1 is 0.500 bits per heavy atom. The number of hydrogen-bond donors (Lipinski definition) is 2. The Bertz CT molecular complexity index is 926. The maximum atomic E-state index is 12.8. The van der Waals surface area contributed by atoms with Crippen LogP contribution in [0.1, 0.15) is 246 Å². The molecule has 1 aliphatic rings. The average Bonchev–Trinajstić information content (AvgIpc) is 3.59. The third-order valence-electron chi connectivity index (χ3n) is 13.2. The topological polar surface area (TPSA) is 93.4 Å². The zero-order chi connectivity index (χ0) is 41.2. The molecule has 2 N–H and O–H groups in total. The fourth-order valence-electron chi connectivity index (χ4n) is 9.18. The second kappa shape index (κ2) is 34.3. The van der Waals surface area contributed by atoms with Gasteiger partial charge in [-0.25, -0.2) is 0 Å². The Kier molecular flexibility index (Phi) is 32.0. The van der Waals surface area contributed by atoms with Crippen molar-refractivity contribution < 1.29 is 19.8 Å². The molecule has 7 heteroatoms. The molecule has 0 amide bonds. The molecule has 1 aliphatic heterocycles. The van der Waals surface area contributed by atoms with Crippen LogP contribution in [0.3, 0.4) is 0 Å². The van der Waals surface area contributed by atoms with E-state index in [1.54, 1.807) is 0 Å². The maximum absolute atomic E-state index is 12.8. The minimum Gasteiger partial charge on any atom is -0.481 e. The molecule has 0 saturated carbocycles. The molecule has 0 saturated heterocycles. The van der Waals surface area contributed by atoms with Gasteiger partial charge in [0.25, 0.3) is 0 Å². The van der Waals surface area contributed by atoms with Crippen LogP contribution in [-0.2, 0) is 9.59 Å². The number of carboxylic acid groups (broad SMARTS) is 2. The van der Waals surface area contributed by atoms with Crippen LogP contribution in [0.15, 0.2) is 4.99 Å². The summed E-state index contributed by atoms with van der Waals surface area (Å²) in [5.41, 5.74) is -1.08. The zero-order valence-corrected chi connectivity index (χ0v) is 38.1. The lowest BCUT2D eigenvalue weighted by atomic mass is 9.74. The molecule has 1 rings (SSSR count). The highest BCUT2D eigenvalue weighted by molar-refractivity contribution is 5.85. The standard InChI is InChI=1S/C49H95N3O4/c1-6-10-14-18-20-28-36-48(46(53)54,34-26-16-12-8-3)38-30-22-24-32-41-52(44-45-50-40-43-51(45)5)42-33-25-23-31-39-49(47(55)56,35-27-17-13-9-4)37-29-21-19-15-11-7-2/h6-44H2,1-5H3,(H,53,54)(H,55,56). The number of hydrogen-bond acceptors (Lipinski definition) is 5. The van der Waals surface area contributed by atoms with E-state index in [-0.39, 0.29) is 0 Å². The zero-order valence-electron chi connectivity index (χ0n) is 38.1. The summed E-state index contributed by atoms with van der Waals surface area (Å²) in [6, 6.07) is 0. The number of unbranched alkanes of at least 4 members (excludes halogenated alkanes) is 22. The summed E-state index contributed by atoms with van der Waals surface area (Å²) < 4.78 is 0. The molecule has 0 aromatic heterocycles. The van der Waals surface area contributed by atoms with E-state index in [4.69, 9.17) is 4.99 Å². The van der Waals surface area contributed by atoms with Crippen molar-refractivity contribution in [2.24, 2.45) is 15.8 Å². The first kappa shape index (κ1) is 52.4. The van der Waals surface area contributed by atoms with Crippen LogP contribution < -0.4 is 0 Å². The smallest absolute Gasteiger partial charge is 0.309 e. The predicted octanol–water partition coefficient (Wildman–Crippen LogP) is 14.1. The Hall–Kier alpha value is -1.63. The van der Waals surface area contributed by atoms with Gasteiger partial charge in [-0.1, -0.05) is 195 Å². The van der Waals surface area contributed by atoms with Gasteiger partial charge >= 0.3 is 11.9 Å². The molecule has 0 bridgehead atoms. The molecule has 0 aliphatic carbocycles. The molecule has 0 radical (unpaired) electrons. The number of aliphatic carboxylic acids is 2. The minimum absolute atomic E-state index is 0.539. The molecule has 0 aromatic carbocycles. The van der Waals surface area contributed by atoms with Gasteiger partial charge in [-0.3, -0.25) is 19.5 Å². The lowest BCUT2D eigenvalue weighted by Crippen LogP contribution is -2.37. The molecule has 1 heterocycles. The number of likely N-dealkylation sites (N-methyl/N-ethyl adjacent to an activating group) is 1. The molecular weight excluding hydrogens is 695 g/mol. The van der Waals surface area contributed by atoms with Crippen molar-refractivity contribution in [3.05, 3.63) is 0 Å². The van der Waals surface area contributed by atoms with Gasteiger partial charge in [0.2, 0.25) is 0 Å². The highest BCUT2D eigenvalue weighted by atomic mass is 16.4. The fraction of sp³-hybridized carbons (Fsp3) is 0.939. The summed E-state index contributed by atoms with van der Waals surface area (Å²) in [6.45, 7) is 13.9. The molecule has 330 valence electrons. The van der Waals surface area contributed by atoms with E-state index in [9.17, 15) is 19.8 Å². The average molecular weight is 790 g/mol. The predicted molar refractivity (Wildman–Crippen MR) is 241 cm³/mol. The van der Waals surface area contributed by atoms with Crippen LogP contribution in [0.2, 0.25) is 0 Å². The number of nitrogens with zero attached hydrogens (tertiary/aromatic N) is 3. The number of amidine groups is 1. The van der Waals surface area contributed by atoms with Crippen LogP contribution in [0.4, 0.5) is 0 Å². The van der Waals surface area contributed by atoms with Gasteiger partial charge in [0.15, 0.2) is 0 Å². The van der Waals surface area contributed by atoms with Crippen molar-refractivity contribution in [2.45, 2.75) is 246 Å². The third-order valence-corrected chi connectivity index (χ3v) is 13.2. The van der Waals surface area contributed by atoms with Crippen LogP contribution in [0, 0.1) is 10.8 Å². The first-order valence-corrected chi connectivity index (χ1v) is 24.6. The maximum Gasteiger partial charge on any atom is 0.309 e. The van der Waals surface area contributed by atoms with Crippen molar-refractivity contribution in [3.8, 4) is 0 Å². The van der Waals surface area contributed by atoms with E-state index in [2.05, 4.69) is 44.5 Å². The molecular formula is C49H95N3O4. The van der Waals surface area contributed by atoms with Crippen molar-refractivity contribution >= 4 is 17.8 Å². The van der Waals surface area contributed by atoms with Gasteiger partial charge in [0.05, 0.1) is 23.9 Å². The number of aliphatic imine (C=N–C) groups is 1. The van der Waals surface area contributed by atoms with Crippen LogP contribution in [0.5, 0.6) is 0 Å². The first-order chi connectivity index (χ1) is 27.2. The SMILES string of the molecule is CCCCCCCCC(CCCCCC)(CCCCCCN(CCCCCCC(CCCCCC)(CCCCCCCC)C(=O)O)CC1=NCCN1C)C(=O)O. The summed E-state index contributed by atoms with van der Waals surface area (Å²) in [6.07, 6.45) is 37.6. The van der Waals surface area contributed by atoms with Crippen molar-refractivity contribution in [2.75, 3.05) is 39.8 Å². The van der Waals surface area contributed by atoms with E-state index in [0.717, 1.165) is 161 Å². The Morgan fingerprint density at radius 3 is 1.07 bits per heavy atom. The molecule has 0 fully saturated rings. The summed E-state index contributed by atoms with van der Waals surface area (Å²) in [7, 11) is 2.16. The number of rotatable bonds is 42. The Morgan fingerprint density at radius 2 is 0.786 bits per heavy atom. The van der Waals surface area contributed by atoms with E-state index in [0.29, 0.717) is 0 Å². The molecule has 56 heavy (non-hydrogen) atoms. The Labute approximate surface area is 348 Å². The van der Waals surface area contributed by atoms with Crippen molar-refractivity contribution in [1.29, 1.82) is 0 Å². The van der Waals surface area contributed by atoms with Crippen molar-refractivity contribution in [1.82, 2.24) is 9.80 Å². The molecule has 2 unspecified atom stereocenters. The second-order valence-corrected chi connectivity index (χ2v) is 18.2. The Balaban J connectivity index is 2.67. The second-order valence-electron chi connectivity index (χ2n) is 18.2.